The fraction of sp³-hybridized carbons (Fsp3) is 0.227. The summed E-state index contributed by atoms with van der Waals surface area (Å²) in [5.41, 5.74) is -8.26. The summed E-state index contributed by atoms with van der Waals surface area (Å²) in [5, 5.41) is 0. The van der Waals surface area contributed by atoms with Crippen molar-refractivity contribution in [2.45, 2.75) is 26.8 Å². The number of hydrogen-bond acceptors (Lipinski definition) is 0. The fourth-order valence-electron chi connectivity index (χ4n) is 2.38. The highest BCUT2D eigenvalue weighted by Crippen LogP contribution is 2.40. The Kier molecular flexibility index (Phi) is 1.82. The quantitative estimate of drug-likeness (QED) is 0.502. The Hall–Kier alpha value is -2.62. The van der Waals surface area contributed by atoms with E-state index in [9.17, 15) is 13.2 Å². The molecule has 1 aromatic heterocycles. The van der Waals surface area contributed by atoms with Crippen molar-refractivity contribution in [3.8, 4) is 22.4 Å². The monoisotopic (exact) mass is 371 g/mol. The van der Waals surface area contributed by atoms with Crippen LogP contribution in [0.1, 0.15) is 42.8 Å². The summed E-state index contributed by atoms with van der Waals surface area (Å²) < 4.78 is 165. The molecule has 0 spiro atoms. The van der Waals surface area contributed by atoms with E-state index in [1.165, 1.54) is 0 Å². The second-order valence-corrected chi connectivity index (χ2v) is 5.39. The van der Waals surface area contributed by atoms with E-state index in [2.05, 4.69) is 0 Å². The van der Waals surface area contributed by atoms with E-state index in [1.54, 1.807) is 0 Å². The van der Waals surface area contributed by atoms with Crippen molar-refractivity contribution in [2.75, 3.05) is 0 Å². The van der Waals surface area contributed by atoms with Gasteiger partial charge in [0.15, 0.2) is 6.17 Å². The predicted octanol–water partition coefficient (Wildman–Crippen LogP) is 5.79. The van der Waals surface area contributed by atoms with Crippen LogP contribution >= 0.6 is 0 Å². The highest BCUT2D eigenvalue weighted by atomic mass is 19.4. The number of hydrogen-bond donors (Lipinski definition) is 0. The van der Waals surface area contributed by atoms with Crippen molar-refractivity contribution >= 4 is 0 Å². The van der Waals surface area contributed by atoms with Gasteiger partial charge in [-0.25, -0.2) is 4.57 Å². The van der Waals surface area contributed by atoms with Crippen LogP contribution in [0, 0.1) is 20.6 Å². The van der Waals surface area contributed by atoms with Gasteiger partial charge in [-0.3, -0.25) is 0 Å². The summed E-state index contributed by atoms with van der Waals surface area (Å²) in [4.78, 5) is 0. The molecule has 4 heteroatoms. The maximum atomic E-state index is 14.4. The summed E-state index contributed by atoms with van der Waals surface area (Å²) in [6, 6.07) is -8.72. The Morgan fingerprint density at radius 3 is 2.23 bits per heavy atom. The van der Waals surface area contributed by atoms with Crippen molar-refractivity contribution in [3.63, 3.8) is 0 Å². The molecular formula is C22H21F3N+. The van der Waals surface area contributed by atoms with Crippen molar-refractivity contribution in [1.29, 1.82) is 0 Å². The third kappa shape index (κ3) is 3.36. The molecule has 3 rings (SSSR count). The van der Waals surface area contributed by atoms with Gasteiger partial charge < -0.3 is 0 Å². The van der Waals surface area contributed by atoms with E-state index in [4.69, 9.17) is 20.6 Å². The number of alkyl halides is 3. The molecule has 0 aliphatic heterocycles. The van der Waals surface area contributed by atoms with Gasteiger partial charge in [-0.15, -0.1) is 0 Å². The van der Waals surface area contributed by atoms with E-state index in [0.717, 1.165) is 14.0 Å². The molecule has 0 saturated heterocycles. The number of rotatable bonds is 2. The summed E-state index contributed by atoms with van der Waals surface area (Å²) in [6.07, 6.45) is -6.33. The Morgan fingerprint density at radius 2 is 1.62 bits per heavy atom. The molecule has 0 aliphatic rings. The molecule has 0 atom stereocenters. The minimum Gasteiger partial charge on any atom is -0.201 e. The van der Waals surface area contributed by atoms with Crippen LogP contribution in [0.15, 0.2) is 54.5 Å². The van der Waals surface area contributed by atoms with Gasteiger partial charge in [0.05, 0.1) is 16.5 Å². The maximum Gasteiger partial charge on any atom is 0.417 e. The highest BCUT2D eigenvalue weighted by Gasteiger charge is 2.35. The van der Waals surface area contributed by atoms with E-state index >= 15 is 0 Å². The van der Waals surface area contributed by atoms with Gasteiger partial charge in [0, 0.05) is 25.4 Å². The van der Waals surface area contributed by atoms with Gasteiger partial charge in [-0.2, -0.15) is 13.2 Å². The van der Waals surface area contributed by atoms with E-state index in [0.29, 0.717) is 4.57 Å². The van der Waals surface area contributed by atoms with E-state index in [1.807, 2.05) is 0 Å². The van der Waals surface area contributed by atoms with Crippen LogP contribution in [0.25, 0.3) is 22.4 Å². The van der Waals surface area contributed by atoms with E-state index in [-0.39, 0.29) is 0 Å². The molecule has 1 heterocycles. The lowest BCUT2D eigenvalue weighted by atomic mass is 9.92. The fourth-order valence-corrected chi connectivity index (χ4v) is 2.38. The molecule has 2 aromatic carbocycles. The Morgan fingerprint density at radius 1 is 0.923 bits per heavy atom. The average molecular weight is 372 g/mol. The number of benzene rings is 2. The Balaban J connectivity index is 2.76. The minimum atomic E-state index is -5.38. The minimum absolute atomic E-state index is 0.611. The largest absolute Gasteiger partial charge is 0.417 e. The number of nitrogens with zero attached hydrogens (tertiary/aromatic N) is 1. The van der Waals surface area contributed by atoms with Gasteiger partial charge >= 0.3 is 6.18 Å². The molecule has 0 fully saturated rings. The third-order valence-electron chi connectivity index (χ3n) is 3.57. The molecule has 3 aromatic rings. The first-order chi connectivity index (χ1) is 18.4. The van der Waals surface area contributed by atoms with Crippen LogP contribution in [0.3, 0.4) is 0 Å². The standard InChI is InChI=1S/C22H21F3N/c1-14-11-21(26(4)13-16(14)3)18-12-19(17-8-6-5-7-9-17)20(10-15(18)2)22(23,24)25/h5-13H,1-4H3/q+1/i1D3,3D3,5D,6D,7D,8D,9D,10D,11D,12D,13D. The molecule has 0 amide bonds. The highest BCUT2D eigenvalue weighted by molar-refractivity contribution is 5.76. The summed E-state index contributed by atoms with van der Waals surface area (Å²) in [5.74, 6) is 0. The van der Waals surface area contributed by atoms with Crippen LogP contribution in [0.5, 0.6) is 0 Å². The molecule has 0 bridgehead atoms. The first kappa shape index (κ1) is 7.18. The maximum absolute atomic E-state index is 14.4. The van der Waals surface area contributed by atoms with Crippen molar-refractivity contribution < 1.29 is 38.3 Å². The first-order valence-electron chi connectivity index (χ1n) is 14.7. The van der Waals surface area contributed by atoms with Crippen molar-refractivity contribution in [2.24, 2.45) is 7.05 Å². The number of halogens is 3. The summed E-state index contributed by atoms with van der Waals surface area (Å²) in [6.45, 7) is -5.54. The van der Waals surface area contributed by atoms with Crippen LogP contribution in [-0.2, 0) is 13.2 Å². The molecular weight excluding hydrogens is 335 g/mol. The number of aromatic nitrogens is 1. The van der Waals surface area contributed by atoms with Crippen LogP contribution in [0.2, 0.25) is 0 Å². The average Bonchev–Trinajstić information content (AvgIpc) is 2.81. The van der Waals surface area contributed by atoms with Crippen LogP contribution in [-0.4, -0.2) is 0 Å². The zero-order valence-electron chi connectivity index (χ0n) is 28.6. The smallest absolute Gasteiger partial charge is 0.201 e. The zero-order chi connectivity index (χ0) is 31.9. The summed E-state index contributed by atoms with van der Waals surface area (Å²) >= 11 is 0. The molecule has 0 N–H and O–H groups in total. The molecule has 26 heavy (non-hydrogen) atoms. The molecule has 1 nitrogen and oxygen atoms in total. The normalized spacial score (nSPS) is 20.9. The van der Waals surface area contributed by atoms with Gasteiger partial charge in [-0.1, -0.05) is 30.2 Å². The van der Waals surface area contributed by atoms with Gasteiger partial charge in [0.25, 0.3) is 0 Å². The lowest BCUT2D eigenvalue weighted by Crippen LogP contribution is -2.31. The van der Waals surface area contributed by atoms with Gasteiger partial charge in [0.1, 0.15) is 8.42 Å². The van der Waals surface area contributed by atoms with Crippen molar-refractivity contribution in [1.82, 2.24) is 0 Å². The second kappa shape index (κ2) is 6.60. The lowest BCUT2D eigenvalue weighted by Gasteiger charge is -2.17. The first-order valence-corrected chi connectivity index (χ1v) is 7.21. The lowest BCUT2D eigenvalue weighted by molar-refractivity contribution is -0.660. The van der Waals surface area contributed by atoms with Crippen LogP contribution in [0.4, 0.5) is 13.2 Å². The number of pyridine rings is 1. The third-order valence-corrected chi connectivity index (χ3v) is 3.57. The molecule has 0 unspecified atom stereocenters. The Labute approximate surface area is 172 Å². The topological polar surface area (TPSA) is 3.88 Å². The predicted molar refractivity (Wildman–Crippen MR) is 97.7 cm³/mol. The Bertz CT molecular complexity index is 1580. The van der Waals surface area contributed by atoms with E-state index < -0.39 is 119 Å². The summed E-state index contributed by atoms with van der Waals surface area (Å²) in [7, 11) is 1.03. The van der Waals surface area contributed by atoms with Crippen molar-refractivity contribution in [3.05, 3.63) is 76.8 Å². The second-order valence-electron chi connectivity index (χ2n) is 5.39. The van der Waals surface area contributed by atoms with Gasteiger partial charge in [-0.05, 0) is 55.0 Å². The SMILES string of the molecule is [2H]c1c([2H])c([2H])c(-c2c([2H])c(-c3c([2H])c(C([2H])([2H])[2H])c(C([2H])([2H])[2H])c([2H])[n+]3C)c(C)c([2H])c2C(F)(F)F)c([2H])c1[2H]. The molecule has 0 aliphatic carbocycles. The molecule has 0 saturated carbocycles. The molecule has 134 valence electrons. The zero-order valence-corrected chi connectivity index (χ0v) is 13.6. The van der Waals surface area contributed by atoms with Gasteiger partial charge in [0.2, 0.25) is 5.69 Å². The molecule has 0 radical (unpaired) electrons. The van der Waals surface area contributed by atoms with Crippen LogP contribution < -0.4 is 4.57 Å².